The number of fused-ring (bicyclic) bond motifs is 1. The van der Waals surface area contributed by atoms with Crippen LogP contribution in [-0.2, 0) is 0 Å². The molecule has 72 valence electrons. The average Bonchev–Trinajstić information content (AvgIpc) is 2.45. The Hall–Kier alpha value is -1.15. The number of aryl methyl sites for hydroxylation is 3. The molecule has 0 N–H and O–H groups in total. The van der Waals surface area contributed by atoms with Crippen molar-refractivity contribution >= 4 is 27.7 Å². The van der Waals surface area contributed by atoms with E-state index in [0.29, 0.717) is 0 Å². The van der Waals surface area contributed by atoms with Gasteiger partial charge in [-0.2, -0.15) is 0 Å². The molecular formula is C12H12OS. The standard InChI is InChI=1S/C12H12OS/c1-7-4-10-9(3)12(6-13)14-11(10)5-8(7)2/h4-6H,1-3H3. The van der Waals surface area contributed by atoms with Crippen molar-refractivity contribution < 1.29 is 4.79 Å². The third kappa shape index (κ3) is 1.26. The topological polar surface area (TPSA) is 17.1 Å². The molecule has 0 amide bonds. The van der Waals surface area contributed by atoms with Gasteiger partial charge in [-0.25, -0.2) is 0 Å². The van der Waals surface area contributed by atoms with Crippen LogP contribution in [0.1, 0.15) is 26.4 Å². The first-order valence-corrected chi connectivity index (χ1v) is 5.40. The first-order chi connectivity index (χ1) is 6.63. The lowest BCUT2D eigenvalue weighted by atomic mass is 10.1. The number of carbonyl (C=O) groups is 1. The highest BCUT2D eigenvalue weighted by Crippen LogP contribution is 2.31. The zero-order chi connectivity index (χ0) is 10.3. The molecule has 0 fully saturated rings. The highest BCUT2D eigenvalue weighted by Gasteiger charge is 2.08. The smallest absolute Gasteiger partial charge is 0.160 e. The molecule has 1 nitrogen and oxygen atoms in total. The van der Waals surface area contributed by atoms with E-state index >= 15 is 0 Å². The fourth-order valence-electron chi connectivity index (χ4n) is 1.61. The normalized spacial score (nSPS) is 10.8. The molecule has 1 aromatic heterocycles. The molecule has 0 aliphatic heterocycles. The Morgan fingerprint density at radius 3 is 2.43 bits per heavy atom. The van der Waals surface area contributed by atoms with Gasteiger partial charge in [0, 0.05) is 4.70 Å². The van der Waals surface area contributed by atoms with Crippen molar-refractivity contribution in [3.8, 4) is 0 Å². The van der Waals surface area contributed by atoms with Gasteiger partial charge in [0.2, 0.25) is 0 Å². The summed E-state index contributed by atoms with van der Waals surface area (Å²) in [5.74, 6) is 0. The summed E-state index contributed by atoms with van der Waals surface area (Å²) in [5, 5.41) is 1.22. The van der Waals surface area contributed by atoms with Gasteiger partial charge in [0.15, 0.2) is 6.29 Å². The van der Waals surface area contributed by atoms with Crippen LogP contribution >= 0.6 is 11.3 Å². The third-order valence-electron chi connectivity index (χ3n) is 2.70. The highest BCUT2D eigenvalue weighted by molar-refractivity contribution is 7.20. The lowest BCUT2D eigenvalue weighted by Gasteiger charge is -1.99. The van der Waals surface area contributed by atoms with E-state index in [0.717, 1.165) is 16.7 Å². The van der Waals surface area contributed by atoms with E-state index in [1.165, 1.54) is 21.2 Å². The molecule has 0 spiro atoms. The maximum Gasteiger partial charge on any atom is 0.160 e. The van der Waals surface area contributed by atoms with E-state index in [9.17, 15) is 4.79 Å². The van der Waals surface area contributed by atoms with Gasteiger partial charge in [0.1, 0.15) is 0 Å². The van der Waals surface area contributed by atoms with E-state index in [2.05, 4.69) is 26.0 Å². The lowest BCUT2D eigenvalue weighted by Crippen LogP contribution is -1.80. The molecule has 0 radical (unpaired) electrons. The van der Waals surface area contributed by atoms with Crippen LogP contribution in [0.2, 0.25) is 0 Å². The van der Waals surface area contributed by atoms with Crippen molar-refractivity contribution in [1.82, 2.24) is 0 Å². The fraction of sp³-hybridized carbons (Fsp3) is 0.250. The minimum absolute atomic E-state index is 0.852. The molecule has 1 aromatic carbocycles. The minimum Gasteiger partial charge on any atom is -0.297 e. The van der Waals surface area contributed by atoms with Crippen LogP contribution in [0.15, 0.2) is 12.1 Å². The Morgan fingerprint density at radius 2 is 1.79 bits per heavy atom. The van der Waals surface area contributed by atoms with E-state index in [-0.39, 0.29) is 0 Å². The van der Waals surface area contributed by atoms with Crippen molar-refractivity contribution in [2.24, 2.45) is 0 Å². The Kier molecular flexibility index (Phi) is 2.16. The summed E-state index contributed by atoms with van der Waals surface area (Å²) in [7, 11) is 0. The predicted octanol–water partition coefficient (Wildman–Crippen LogP) is 3.64. The maximum absolute atomic E-state index is 10.8. The Bertz CT molecular complexity index is 509. The Balaban J connectivity index is 2.86. The van der Waals surface area contributed by atoms with Gasteiger partial charge in [0.25, 0.3) is 0 Å². The molecule has 2 rings (SSSR count). The molecule has 0 bridgehead atoms. The van der Waals surface area contributed by atoms with Crippen LogP contribution in [-0.4, -0.2) is 6.29 Å². The summed E-state index contributed by atoms with van der Waals surface area (Å²) in [5.41, 5.74) is 3.69. The summed E-state index contributed by atoms with van der Waals surface area (Å²) in [6, 6.07) is 4.33. The van der Waals surface area contributed by atoms with Crippen LogP contribution in [0.4, 0.5) is 0 Å². The van der Waals surface area contributed by atoms with Crippen LogP contribution < -0.4 is 0 Å². The largest absolute Gasteiger partial charge is 0.297 e. The van der Waals surface area contributed by atoms with Crippen molar-refractivity contribution in [3.05, 3.63) is 33.7 Å². The molecule has 2 aromatic rings. The number of rotatable bonds is 1. The van der Waals surface area contributed by atoms with Crippen molar-refractivity contribution in [2.45, 2.75) is 20.8 Å². The first kappa shape index (κ1) is 9.41. The summed E-state index contributed by atoms with van der Waals surface area (Å²) in [6.45, 7) is 6.22. The van der Waals surface area contributed by atoms with Crippen LogP contribution in [0, 0.1) is 20.8 Å². The average molecular weight is 204 g/mol. The second-order valence-corrected chi connectivity index (χ2v) is 4.73. The van der Waals surface area contributed by atoms with Crippen LogP contribution in [0.5, 0.6) is 0 Å². The fourth-order valence-corrected chi connectivity index (χ4v) is 2.71. The summed E-state index contributed by atoms with van der Waals surface area (Å²) in [6.07, 6.45) is 0.949. The Morgan fingerprint density at radius 1 is 1.14 bits per heavy atom. The van der Waals surface area contributed by atoms with Gasteiger partial charge in [-0.3, -0.25) is 4.79 Å². The van der Waals surface area contributed by atoms with Crippen molar-refractivity contribution in [2.75, 3.05) is 0 Å². The Labute approximate surface area is 87.4 Å². The lowest BCUT2D eigenvalue weighted by molar-refractivity contribution is 0.112. The van der Waals surface area contributed by atoms with Gasteiger partial charge in [-0.15, -0.1) is 11.3 Å². The third-order valence-corrected chi connectivity index (χ3v) is 3.88. The number of aldehydes is 1. The molecule has 0 aliphatic carbocycles. The van der Waals surface area contributed by atoms with Gasteiger partial charge >= 0.3 is 0 Å². The van der Waals surface area contributed by atoms with Crippen molar-refractivity contribution in [1.29, 1.82) is 0 Å². The van der Waals surface area contributed by atoms with E-state index in [1.54, 1.807) is 11.3 Å². The number of hydrogen-bond acceptors (Lipinski definition) is 2. The van der Waals surface area contributed by atoms with E-state index < -0.39 is 0 Å². The number of thiophene rings is 1. The zero-order valence-electron chi connectivity index (χ0n) is 8.55. The molecule has 0 aliphatic rings. The second kappa shape index (κ2) is 3.21. The SMILES string of the molecule is Cc1cc2sc(C=O)c(C)c2cc1C. The van der Waals surface area contributed by atoms with Crippen molar-refractivity contribution in [3.63, 3.8) is 0 Å². The first-order valence-electron chi connectivity index (χ1n) is 4.59. The number of hydrogen-bond donors (Lipinski definition) is 0. The van der Waals surface area contributed by atoms with Gasteiger partial charge < -0.3 is 0 Å². The summed E-state index contributed by atoms with van der Waals surface area (Å²) < 4.78 is 1.22. The molecular weight excluding hydrogens is 192 g/mol. The zero-order valence-corrected chi connectivity index (χ0v) is 9.37. The minimum atomic E-state index is 0.852. The predicted molar refractivity (Wildman–Crippen MR) is 61.4 cm³/mol. The second-order valence-electron chi connectivity index (χ2n) is 3.64. The molecule has 0 unspecified atom stereocenters. The van der Waals surface area contributed by atoms with Crippen LogP contribution in [0.3, 0.4) is 0 Å². The monoisotopic (exact) mass is 204 g/mol. The number of benzene rings is 1. The highest BCUT2D eigenvalue weighted by atomic mass is 32.1. The molecule has 1 heterocycles. The van der Waals surface area contributed by atoms with Crippen LogP contribution in [0.25, 0.3) is 10.1 Å². The number of carbonyl (C=O) groups excluding carboxylic acids is 1. The summed E-state index contributed by atoms with van der Waals surface area (Å²) in [4.78, 5) is 11.6. The molecule has 2 heteroatoms. The molecule has 14 heavy (non-hydrogen) atoms. The van der Waals surface area contributed by atoms with Gasteiger partial charge in [-0.1, -0.05) is 6.07 Å². The molecule has 0 saturated heterocycles. The maximum atomic E-state index is 10.8. The van der Waals surface area contributed by atoms with E-state index in [4.69, 9.17) is 0 Å². The van der Waals surface area contributed by atoms with E-state index in [1.807, 2.05) is 6.92 Å². The van der Waals surface area contributed by atoms with Gasteiger partial charge in [0.05, 0.1) is 4.88 Å². The summed E-state index contributed by atoms with van der Waals surface area (Å²) >= 11 is 1.58. The van der Waals surface area contributed by atoms with Gasteiger partial charge in [-0.05, 0) is 48.9 Å². The molecule has 0 atom stereocenters. The quantitative estimate of drug-likeness (QED) is 0.648. The molecule has 0 saturated carbocycles.